The quantitative estimate of drug-likeness (QED) is 0.698. The molecule has 14 heavy (non-hydrogen) atoms. The van der Waals surface area contributed by atoms with E-state index in [0.717, 1.165) is 19.3 Å². The molecule has 1 aliphatic rings. The van der Waals surface area contributed by atoms with Gasteiger partial charge in [-0.2, -0.15) is 0 Å². The first-order valence-corrected chi connectivity index (χ1v) is 5.03. The molecule has 0 radical (unpaired) electrons. The summed E-state index contributed by atoms with van der Waals surface area (Å²) in [5.74, 6) is -1.05. The summed E-state index contributed by atoms with van der Waals surface area (Å²) in [5.41, 5.74) is -0.290. The number of carbonyl (C=O) groups is 2. The summed E-state index contributed by atoms with van der Waals surface area (Å²) in [6, 6.07) is -0.718. The fourth-order valence-corrected chi connectivity index (χ4v) is 1.29. The molecular weight excluding hydrogens is 182 g/mol. The molecule has 1 rings (SSSR count). The minimum atomic E-state index is -0.940. The highest BCUT2D eigenvalue weighted by atomic mass is 16.4. The van der Waals surface area contributed by atoms with Crippen LogP contribution in [0, 0.1) is 5.41 Å². The second-order valence-electron chi connectivity index (χ2n) is 4.21. The van der Waals surface area contributed by atoms with Gasteiger partial charge < -0.3 is 10.4 Å². The molecule has 1 aliphatic carbocycles. The van der Waals surface area contributed by atoms with Crippen molar-refractivity contribution in [3.05, 3.63) is 0 Å². The van der Waals surface area contributed by atoms with Gasteiger partial charge in [0.1, 0.15) is 6.04 Å². The number of carbonyl (C=O) groups excluding carboxylic acids is 1. The van der Waals surface area contributed by atoms with Crippen molar-refractivity contribution in [1.82, 2.24) is 5.32 Å². The van der Waals surface area contributed by atoms with Gasteiger partial charge in [0.25, 0.3) is 0 Å². The molecule has 0 aromatic heterocycles. The molecule has 2 N–H and O–H groups in total. The van der Waals surface area contributed by atoms with E-state index in [-0.39, 0.29) is 11.3 Å². The van der Waals surface area contributed by atoms with Crippen LogP contribution in [-0.4, -0.2) is 23.0 Å². The Balaban J connectivity index is 2.46. The molecule has 0 bridgehead atoms. The van der Waals surface area contributed by atoms with Crippen LogP contribution in [0.15, 0.2) is 0 Å². The second kappa shape index (κ2) is 3.98. The van der Waals surface area contributed by atoms with E-state index in [1.54, 1.807) is 0 Å². The molecule has 1 fully saturated rings. The number of carboxylic acid groups (broad SMARTS) is 1. The molecule has 0 aromatic rings. The van der Waals surface area contributed by atoms with Crippen LogP contribution in [0.25, 0.3) is 0 Å². The average molecular weight is 199 g/mol. The summed E-state index contributed by atoms with van der Waals surface area (Å²) in [6.45, 7) is 3.77. The Labute approximate surface area is 83.7 Å². The van der Waals surface area contributed by atoms with Crippen molar-refractivity contribution in [3.8, 4) is 0 Å². The predicted octanol–water partition coefficient (Wildman–Crippen LogP) is 1.16. The van der Waals surface area contributed by atoms with Crippen molar-refractivity contribution in [2.45, 2.75) is 45.6 Å². The Hall–Kier alpha value is -1.06. The van der Waals surface area contributed by atoms with Crippen molar-refractivity contribution in [2.75, 3.05) is 0 Å². The molecule has 0 spiro atoms. The van der Waals surface area contributed by atoms with Gasteiger partial charge >= 0.3 is 5.97 Å². The van der Waals surface area contributed by atoms with Crippen molar-refractivity contribution in [1.29, 1.82) is 0 Å². The summed E-state index contributed by atoms with van der Waals surface area (Å²) in [4.78, 5) is 22.3. The lowest BCUT2D eigenvalue weighted by Crippen LogP contribution is -2.43. The summed E-state index contributed by atoms with van der Waals surface area (Å²) in [7, 11) is 0. The van der Waals surface area contributed by atoms with Crippen LogP contribution < -0.4 is 5.32 Å². The van der Waals surface area contributed by atoms with Gasteiger partial charge in [-0.05, 0) is 19.3 Å². The van der Waals surface area contributed by atoms with E-state index in [2.05, 4.69) is 5.32 Å². The van der Waals surface area contributed by atoms with E-state index in [1.165, 1.54) is 0 Å². The SMILES string of the molecule is CCC[C@@H](NC(=O)C1(C)CC1)C(=O)O. The highest BCUT2D eigenvalue weighted by molar-refractivity contribution is 5.88. The number of rotatable bonds is 5. The van der Waals surface area contributed by atoms with E-state index in [9.17, 15) is 9.59 Å². The standard InChI is InChI=1S/C10H17NO3/c1-3-4-7(8(12)13)11-9(14)10(2)5-6-10/h7H,3-6H2,1-2H3,(H,11,14)(H,12,13)/t7-/m1/s1. The maximum Gasteiger partial charge on any atom is 0.326 e. The first kappa shape index (κ1) is 11.0. The van der Waals surface area contributed by atoms with Gasteiger partial charge in [0.15, 0.2) is 0 Å². The lowest BCUT2D eigenvalue weighted by Gasteiger charge is -2.16. The zero-order valence-electron chi connectivity index (χ0n) is 8.67. The number of carboxylic acids is 1. The molecule has 0 aliphatic heterocycles. The third-order valence-electron chi connectivity index (χ3n) is 2.73. The average Bonchev–Trinajstić information content (AvgIpc) is 2.84. The molecule has 4 nitrogen and oxygen atoms in total. The molecule has 0 saturated heterocycles. The number of nitrogens with one attached hydrogen (secondary N) is 1. The first-order valence-electron chi connectivity index (χ1n) is 5.03. The van der Waals surface area contributed by atoms with Gasteiger partial charge in [-0.3, -0.25) is 4.79 Å². The third-order valence-corrected chi connectivity index (χ3v) is 2.73. The van der Waals surface area contributed by atoms with Crippen LogP contribution >= 0.6 is 0 Å². The van der Waals surface area contributed by atoms with E-state index in [4.69, 9.17) is 5.11 Å². The van der Waals surface area contributed by atoms with Gasteiger partial charge in [-0.1, -0.05) is 20.3 Å². The fraction of sp³-hybridized carbons (Fsp3) is 0.800. The zero-order valence-corrected chi connectivity index (χ0v) is 8.67. The first-order chi connectivity index (χ1) is 6.49. The minimum Gasteiger partial charge on any atom is -0.480 e. The Morgan fingerprint density at radius 3 is 2.43 bits per heavy atom. The van der Waals surface area contributed by atoms with E-state index in [0.29, 0.717) is 6.42 Å². The summed E-state index contributed by atoms with van der Waals surface area (Å²) in [6.07, 6.45) is 3.00. The molecular formula is C10H17NO3. The molecule has 80 valence electrons. The molecule has 1 amide bonds. The van der Waals surface area contributed by atoms with E-state index < -0.39 is 12.0 Å². The lowest BCUT2D eigenvalue weighted by atomic mass is 10.1. The smallest absolute Gasteiger partial charge is 0.326 e. The van der Waals surface area contributed by atoms with Crippen molar-refractivity contribution in [2.24, 2.45) is 5.41 Å². The summed E-state index contributed by atoms with van der Waals surface area (Å²) in [5, 5.41) is 11.4. The van der Waals surface area contributed by atoms with E-state index >= 15 is 0 Å². The van der Waals surface area contributed by atoms with Crippen LogP contribution in [0.3, 0.4) is 0 Å². The van der Waals surface area contributed by atoms with Crippen molar-refractivity contribution >= 4 is 11.9 Å². The van der Waals surface area contributed by atoms with Crippen molar-refractivity contribution in [3.63, 3.8) is 0 Å². The largest absolute Gasteiger partial charge is 0.480 e. The topological polar surface area (TPSA) is 66.4 Å². The maximum absolute atomic E-state index is 11.5. The van der Waals surface area contributed by atoms with Gasteiger partial charge in [0.05, 0.1) is 0 Å². The van der Waals surface area contributed by atoms with Crippen LogP contribution in [0.5, 0.6) is 0 Å². The Bertz CT molecular complexity index is 246. The maximum atomic E-state index is 11.5. The Kier molecular flexibility index (Phi) is 3.13. The van der Waals surface area contributed by atoms with E-state index in [1.807, 2.05) is 13.8 Å². The van der Waals surface area contributed by atoms with Crippen LogP contribution in [-0.2, 0) is 9.59 Å². The molecule has 1 atom stereocenters. The third kappa shape index (κ3) is 2.47. The van der Waals surface area contributed by atoms with Gasteiger partial charge in [0.2, 0.25) is 5.91 Å². The van der Waals surface area contributed by atoms with Crippen LogP contribution in [0.2, 0.25) is 0 Å². The van der Waals surface area contributed by atoms with Gasteiger partial charge in [-0.15, -0.1) is 0 Å². The minimum absolute atomic E-state index is 0.113. The van der Waals surface area contributed by atoms with Crippen LogP contribution in [0.4, 0.5) is 0 Å². The molecule has 0 heterocycles. The van der Waals surface area contributed by atoms with Gasteiger partial charge in [-0.25, -0.2) is 4.79 Å². The Morgan fingerprint density at radius 2 is 2.07 bits per heavy atom. The second-order valence-corrected chi connectivity index (χ2v) is 4.21. The number of aliphatic carboxylic acids is 1. The van der Waals surface area contributed by atoms with Crippen molar-refractivity contribution < 1.29 is 14.7 Å². The lowest BCUT2D eigenvalue weighted by molar-refractivity contribution is -0.142. The highest BCUT2D eigenvalue weighted by Gasteiger charge is 2.45. The monoisotopic (exact) mass is 199 g/mol. The zero-order chi connectivity index (χ0) is 10.8. The summed E-state index contributed by atoms with van der Waals surface area (Å²) >= 11 is 0. The molecule has 1 saturated carbocycles. The summed E-state index contributed by atoms with van der Waals surface area (Å²) < 4.78 is 0. The number of amides is 1. The normalized spacial score (nSPS) is 19.9. The highest BCUT2D eigenvalue weighted by Crippen LogP contribution is 2.45. The molecule has 0 aromatic carbocycles. The molecule has 4 heteroatoms. The number of hydrogen-bond donors (Lipinski definition) is 2. The predicted molar refractivity (Wildman–Crippen MR) is 51.8 cm³/mol. The Morgan fingerprint density at radius 1 is 1.50 bits per heavy atom. The van der Waals surface area contributed by atoms with Crippen LogP contribution in [0.1, 0.15) is 39.5 Å². The molecule has 0 unspecified atom stereocenters. The van der Waals surface area contributed by atoms with Gasteiger partial charge in [0, 0.05) is 5.41 Å². The fourth-order valence-electron chi connectivity index (χ4n) is 1.29. The number of hydrogen-bond acceptors (Lipinski definition) is 2.